The number of benzene rings is 2. The van der Waals surface area contributed by atoms with Gasteiger partial charge in [-0.3, -0.25) is 0 Å². The third-order valence-corrected chi connectivity index (χ3v) is 16.5. The zero-order valence-electron chi connectivity index (χ0n) is 40.1. The van der Waals surface area contributed by atoms with E-state index in [1.54, 1.807) is 0 Å². The van der Waals surface area contributed by atoms with Crippen molar-refractivity contribution < 1.29 is 59.8 Å². The molecule has 4 bridgehead atoms. The number of aromatic nitrogens is 4. The molecule has 6 aliphatic rings. The molecular formula is C52H62N6O12. The van der Waals surface area contributed by atoms with Gasteiger partial charge in [0.25, 0.3) is 0 Å². The van der Waals surface area contributed by atoms with Crippen LogP contribution in [0.2, 0.25) is 0 Å². The van der Waals surface area contributed by atoms with E-state index in [0.717, 1.165) is 75.9 Å². The second kappa shape index (κ2) is 17.9. The fourth-order valence-electron chi connectivity index (χ4n) is 12.8. The van der Waals surface area contributed by atoms with Crippen LogP contribution >= 0.6 is 0 Å². The summed E-state index contributed by atoms with van der Waals surface area (Å²) in [6, 6.07) is 15.7. The zero-order chi connectivity index (χ0) is 49.8. The van der Waals surface area contributed by atoms with Crippen LogP contribution in [-0.4, -0.2) is 173 Å². The van der Waals surface area contributed by atoms with Gasteiger partial charge in [0.2, 0.25) is 0 Å². The number of rotatable bonds is 8. The average molecular weight is 963 g/mol. The number of allylic oxidation sites excluding steroid dienone is 1. The van der Waals surface area contributed by atoms with E-state index in [1.165, 1.54) is 5.56 Å². The molecule has 6 heterocycles. The third kappa shape index (κ3) is 7.35. The van der Waals surface area contributed by atoms with Crippen molar-refractivity contribution in [1.29, 1.82) is 0 Å². The van der Waals surface area contributed by atoms with E-state index >= 15 is 0 Å². The summed E-state index contributed by atoms with van der Waals surface area (Å²) in [6.45, 7) is 12.6. The number of hydrogen-bond donors (Lipinski definition) is 8. The van der Waals surface area contributed by atoms with Crippen molar-refractivity contribution in [2.75, 3.05) is 50.3 Å². The van der Waals surface area contributed by atoms with Crippen LogP contribution in [-0.2, 0) is 24.4 Å². The van der Waals surface area contributed by atoms with Gasteiger partial charge in [0.1, 0.15) is 73.7 Å². The lowest BCUT2D eigenvalue weighted by Gasteiger charge is -2.47. The fourth-order valence-corrected chi connectivity index (χ4v) is 12.8. The third-order valence-electron chi connectivity index (χ3n) is 16.5. The zero-order valence-corrected chi connectivity index (χ0v) is 40.1. The number of ether oxygens (including phenoxy) is 4. The molecule has 1 spiro atoms. The maximum absolute atomic E-state index is 10.3. The van der Waals surface area contributed by atoms with Gasteiger partial charge in [0.15, 0.2) is 12.6 Å². The minimum Gasteiger partial charge on any atom is -0.394 e. The number of nitrogens with zero attached hydrogens (tertiary/aromatic N) is 6. The highest BCUT2D eigenvalue weighted by Crippen LogP contribution is 2.73. The van der Waals surface area contributed by atoms with Crippen molar-refractivity contribution in [3.8, 4) is 35.1 Å². The number of aliphatic hydroxyl groups excluding tert-OH is 8. The lowest BCUT2D eigenvalue weighted by Crippen LogP contribution is -2.59. The summed E-state index contributed by atoms with van der Waals surface area (Å²) in [5, 5.41) is 90.4. The van der Waals surface area contributed by atoms with Crippen molar-refractivity contribution in [2.24, 2.45) is 11.8 Å². The quantitative estimate of drug-likeness (QED) is 0.114. The van der Waals surface area contributed by atoms with Crippen molar-refractivity contribution in [3.63, 3.8) is 0 Å². The van der Waals surface area contributed by atoms with E-state index in [0.29, 0.717) is 0 Å². The number of anilines is 2. The van der Waals surface area contributed by atoms with Gasteiger partial charge in [-0.25, -0.2) is 9.36 Å². The van der Waals surface area contributed by atoms with Crippen molar-refractivity contribution in [3.05, 3.63) is 88.8 Å². The molecule has 2 aromatic carbocycles. The van der Waals surface area contributed by atoms with Gasteiger partial charge >= 0.3 is 0 Å². The molecule has 18 nitrogen and oxygen atoms in total. The summed E-state index contributed by atoms with van der Waals surface area (Å²) in [5.74, 6) is 14.5. The maximum atomic E-state index is 10.3. The first-order chi connectivity index (χ1) is 33.4. The number of hydrogen-bond acceptors (Lipinski definition) is 16. The molecule has 2 saturated carbocycles. The standard InChI is InChI=1S/C52H62N6O12/c1-27-34-22-52(56(7)46-38(27)28(2)53-57(46)32-16-12-30(13-17-32)10-8-20-67-48-44(65)42(63)40(61)35(24-59)69-48)26-50(4)23-37(52)51(34,5)39-29(3)54-58(47(39)55(50)6)33-18-14-31(15-19-33)11-9-21-68-49-45(66)43(64)41(62)36(25-60)70-49/h12-19,34-37,40-45,48-49,59-66H,1,20-26H2,2-7H3/t34-,35?,36?,37-,40?,41?,42?,43?,44?,45?,48?,49?,50?,51?,52?/m1/s1. The van der Waals surface area contributed by atoms with Gasteiger partial charge in [-0.15, -0.1) is 0 Å². The Morgan fingerprint density at radius 1 is 0.671 bits per heavy atom. The molecule has 2 aromatic heterocycles. The van der Waals surface area contributed by atoms with E-state index in [4.69, 9.17) is 35.7 Å². The molecule has 13 unspecified atom stereocenters. The van der Waals surface area contributed by atoms with Crippen LogP contribution in [0.15, 0.2) is 55.1 Å². The van der Waals surface area contributed by atoms with Crippen LogP contribution in [0.5, 0.6) is 0 Å². The smallest absolute Gasteiger partial charge is 0.187 e. The van der Waals surface area contributed by atoms with Gasteiger partial charge in [0.05, 0.1) is 36.0 Å². The first kappa shape index (κ1) is 48.5. The van der Waals surface area contributed by atoms with E-state index in [-0.39, 0.29) is 41.5 Å². The molecule has 4 fully saturated rings. The minimum absolute atomic E-state index is 0.0920. The highest BCUT2D eigenvalue weighted by atomic mass is 16.7. The summed E-state index contributed by atoms with van der Waals surface area (Å²) < 4.78 is 26.1. The molecule has 4 aliphatic heterocycles. The number of aryl methyl sites for hydroxylation is 2. The predicted molar refractivity (Wildman–Crippen MR) is 255 cm³/mol. The van der Waals surface area contributed by atoms with Crippen molar-refractivity contribution >= 4 is 17.2 Å². The Morgan fingerprint density at radius 2 is 1.16 bits per heavy atom. The first-order valence-corrected chi connectivity index (χ1v) is 23.8. The van der Waals surface area contributed by atoms with Crippen LogP contribution in [0.3, 0.4) is 0 Å². The lowest BCUT2D eigenvalue weighted by atomic mass is 9.64. The minimum atomic E-state index is -1.53. The monoisotopic (exact) mass is 962 g/mol. The molecule has 2 aliphatic carbocycles. The molecular weight excluding hydrogens is 901 g/mol. The highest BCUT2D eigenvalue weighted by Gasteiger charge is 2.73. The first-order valence-electron chi connectivity index (χ1n) is 23.8. The molecule has 4 aromatic rings. The van der Waals surface area contributed by atoms with Gasteiger partial charge in [0, 0.05) is 52.8 Å². The summed E-state index contributed by atoms with van der Waals surface area (Å²) in [7, 11) is 4.44. The van der Waals surface area contributed by atoms with Crippen LogP contribution in [0.1, 0.15) is 66.8 Å². The maximum Gasteiger partial charge on any atom is 0.187 e. The van der Waals surface area contributed by atoms with Gasteiger partial charge in [-0.05, 0) is 106 Å². The lowest BCUT2D eigenvalue weighted by molar-refractivity contribution is -0.298. The Balaban J connectivity index is 0.906. The Hall–Kier alpha value is -5.16. The highest BCUT2D eigenvalue weighted by molar-refractivity contribution is 5.83. The Kier molecular flexibility index (Phi) is 12.4. The molecule has 8 N–H and O–H groups in total. The van der Waals surface area contributed by atoms with Crippen molar-refractivity contribution in [1.82, 2.24) is 19.6 Å². The van der Waals surface area contributed by atoms with Crippen LogP contribution in [0.4, 0.5) is 11.6 Å². The van der Waals surface area contributed by atoms with Crippen LogP contribution < -0.4 is 9.80 Å². The van der Waals surface area contributed by atoms with E-state index < -0.39 is 74.6 Å². The molecule has 10 rings (SSSR count). The molecule has 0 amide bonds. The topological polar surface area (TPSA) is 241 Å². The van der Waals surface area contributed by atoms with E-state index in [9.17, 15) is 40.9 Å². The molecule has 18 heteroatoms. The Morgan fingerprint density at radius 3 is 1.66 bits per heavy atom. The molecule has 15 atom stereocenters. The van der Waals surface area contributed by atoms with Gasteiger partial charge in [-0.1, -0.05) is 37.2 Å². The van der Waals surface area contributed by atoms with E-state index in [1.807, 2.05) is 53.2 Å². The predicted octanol–water partition coefficient (Wildman–Crippen LogP) is 0.809. The van der Waals surface area contributed by atoms with E-state index in [2.05, 4.69) is 80.0 Å². The van der Waals surface area contributed by atoms with Gasteiger partial charge in [-0.2, -0.15) is 10.2 Å². The van der Waals surface area contributed by atoms with Crippen LogP contribution in [0.25, 0.3) is 16.9 Å². The molecule has 0 radical (unpaired) electrons. The Bertz CT molecular complexity index is 2790. The SMILES string of the molecule is C=C1c2c(C)nn(-c3ccc(C#CCOC4OC(CO)C(O)C(O)C4O)cc3)c2N(C)C23C[C@H]1C1(C)c4c(C)nn(-c5ccc(C#CCOC6OC(CO)C(O)C(O)C6O)cc5)c4N(C)C(C)(C[C@H]12)C3. The fraction of sp³-hybridized carbons (Fsp3) is 0.538. The molecule has 70 heavy (non-hydrogen) atoms. The van der Waals surface area contributed by atoms with Gasteiger partial charge < -0.3 is 69.6 Å². The van der Waals surface area contributed by atoms with Crippen molar-refractivity contribution in [2.45, 2.75) is 125 Å². The second-order valence-electron chi connectivity index (χ2n) is 20.3. The molecule has 2 saturated heterocycles. The number of fused-ring (bicyclic) bond motifs is 6. The summed E-state index contributed by atoms with van der Waals surface area (Å²) in [4.78, 5) is 4.98. The summed E-state index contributed by atoms with van der Waals surface area (Å²) >= 11 is 0. The Labute approximate surface area is 406 Å². The second-order valence-corrected chi connectivity index (χ2v) is 20.3. The molecule has 372 valence electrons. The number of aliphatic hydroxyl groups is 8. The summed E-state index contributed by atoms with van der Waals surface area (Å²) in [5.41, 5.74) is 7.70. The summed E-state index contributed by atoms with van der Waals surface area (Å²) in [6.07, 6.45) is -10.8. The normalized spacial score (nSPS) is 36.1. The largest absolute Gasteiger partial charge is 0.394 e. The average Bonchev–Trinajstić information content (AvgIpc) is 4.04. The van der Waals surface area contributed by atoms with Crippen LogP contribution in [0, 0.1) is 49.4 Å².